The number of benzene rings is 3. The van der Waals surface area contributed by atoms with E-state index >= 15 is 0 Å². The highest BCUT2D eigenvalue weighted by Gasteiger charge is 2.56. The molecular weight excluding hydrogens is 572 g/mol. The van der Waals surface area contributed by atoms with Gasteiger partial charge < -0.3 is 9.72 Å². The van der Waals surface area contributed by atoms with E-state index in [9.17, 15) is 14.4 Å². The molecule has 4 aromatic rings. The molecule has 186 valence electrons. The number of aromatic nitrogens is 1. The van der Waals surface area contributed by atoms with E-state index in [0.29, 0.717) is 23.1 Å². The average Bonchev–Trinajstić information content (AvgIpc) is 3.38. The number of nitrogens with zero attached hydrogens (tertiary/aromatic N) is 1. The van der Waals surface area contributed by atoms with E-state index in [0.717, 1.165) is 31.8 Å². The van der Waals surface area contributed by atoms with Crippen LogP contribution < -0.4 is 14.5 Å². The fraction of sp³-hybridized carbons (Fsp3) is 0.179. The molecule has 1 N–H and O–H groups in total. The molecule has 0 aliphatic carbocycles. The van der Waals surface area contributed by atoms with Crippen LogP contribution >= 0.6 is 39.0 Å². The highest BCUT2D eigenvalue weighted by molar-refractivity contribution is 9.10. The van der Waals surface area contributed by atoms with Gasteiger partial charge in [0, 0.05) is 15.3 Å². The largest absolute Gasteiger partial charge is 0.489 e. The fourth-order valence-electron chi connectivity index (χ4n) is 4.96. The summed E-state index contributed by atoms with van der Waals surface area (Å²) in [4.78, 5) is 44.3. The Bertz CT molecular complexity index is 1560. The van der Waals surface area contributed by atoms with Crippen molar-refractivity contribution in [2.24, 2.45) is 5.92 Å². The molecule has 0 spiro atoms. The zero-order valence-electron chi connectivity index (χ0n) is 19.6. The van der Waals surface area contributed by atoms with Gasteiger partial charge in [0.25, 0.3) is 0 Å². The SMILES string of the molecule is Cc1cccc(COc2ccc(C3c4sc(=O)[nH]c4SC4C(=O)N(c5ccc(Br)cc5)C(=O)C43)cc2)c1. The molecule has 3 unspecified atom stereocenters. The number of hydrogen-bond acceptors (Lipinski definition) is 6. The van der Waals surface area contributed by atoms with Crippen LogP contribution in [0.2, 0.25) is 0 Å². The Hall–Kier alpha value is -3.14. The van der Waals surface area contributed by atoms with Crippen molar-refractivity contribution in [3.8, 4) is 5.75 Å². The molecule has 6 nitrogen and oxygen atoms in total. The van der Waals surface area contributed by atoms with Gasteiger partial charge in [0.1, 0.15) is 17.6 Å². The van der Waals surface area contributed by atoms with E-state index in [-0.39, 0.29) is 16.7 Å². The van der Waals surface area contributed by atoms with Crippen LogP contribution in [0.5, 0.6) is 5.75 Å². The first kappa shape index (κ1) is 24.2. The monoisotopic (exact) mass is 592 g/mol. The number of imide groups is 1. The van der Waals surface area contributed by atoms with Crippen LogP contribution in [0.4, 0.5) is 5.69 Å². The standard InChI is InChI=1S/C28H21BrN2O4S2/c1-15-3-2-4-16(13-15)14-35-20-11-5-17(6-12-20)21-22-24(36-25-23(21)37-28(34)30-25)27(33)31(26(22)32)19-9-7-18(29)8-10-19/h2-13,21-22,24H,14H2,1H3,(H,30,34). The van der Waals surface area contributed by atoms with Crippen LogP contribution in [0.25, 0.3) is 0 Å². The van der Waals surface area contributed by atoms with Crippen molar-refractivity contribution < 1.29 is 14.3 Å². The van der Waals surface area contributed by atoms with Crippen LogP contribution in [-0.4, -0.2) is 22.0 Å². The number of anilines is 1. The van der Waals surface area contributed by atoms with Gasteiger partial charge in [-0.05, 0) is 54.4 Å². The van der Waals surface area contributed by atoms with Gasteiger partial charge in [0.15, 0.2) is 0 Å². The van der Waals surface area contributed by atoms with E-state index in [1.807, 2.05) is 61.5 Å². The molecule has 1 aromatic heterocycles. The number of thiazole rings is 1. The van der Waals surface area contributed by atoms with Gasteiger partial charge in [-0.2, -0.15) is 0 Å². The van der Waals surface area contributed by atoms with Crippen LogP contribution in [0.15, 0.2) is 87.1 Å². The number of carbonyl (C=O) groups is 2. The number of ether oxygens (including phenoxy) is 1. The Morgan fingerprint density at radius 1 is 0.973 bits per heavy atom. The number of aryl methyl sites for hydroxylation is 1. The van der Waals surface area contributed by atoms with E-state index in [2.05, 4.69) is 27.0 Å². The molecule has 0 radical (unpaired) electrons. The topological polar surface area (TPSA) is 79.5 Å². The van der Waals surface area contributed by atoms with Gasteiger partial charge in [0.05, 0.1) is 16.6 Å². The molecule has 0 bridgehead atoms. The van der Waals surface area contributed by atoms with Crippen molar-refractivity contribution >= 4 is 56.5 Å². The maximum atomic E-state index is 13.8. The molecule has 1 fully saturated rings. The maximum absolute atomic E-state index is 13.8. The van der Waals surface area contributed by atoms with E-state index in [1.165, 1.54) is 22.2 Å². The van der Waals surface area contributed by atoms with Gasteiger partial charge in [-0.15, -0.1) is 0 Å². The van der Waals surface area contributed by atoms with Gasteiger partial charge >= 0.3 is 4.87 Å². The van der Waals surface area contributed by atoms with Gasteiger partial charge in [-0.1, -0.05) is 81.0 Å². The second kappa shape index (κ2) is 9.63. The lowest BCUT2D eigenvalue weighted by molar-refractivity contribution is -0.122. The minimum atomic E-state index is -0.615. The summed E-state index contributed by atoms with van der Waals surface area (Å²) in [5, 5.41) is 0.0518. The molecule has 1 saturated heterocycles. The Balaban J connectivity index is 1.32. The van der Waals surface area contributed by atoms with Crippen molar-refractivity contribution in [2.45, 2.75) is 29.7 Å². The number of H-pyrrole nitrogens is 1. The van der Waals surface area contributed by atoms with Crippen LogP contribution in [0.1, 0.15) is 27.5 Å². The van der Waals surface area contributed by atoms with E-state index in [4.69, 9.17) is 4.74 Å². The third-order valence-electron chi connectivity index (χ3n) is 6.64. The predicted octanol–water partition coefficient (Wildman–Crippen LogP) is 5.88. The first-order valence-electron chi connectivity index (χ1n) is 11.7. The quantitative estimate of drug-likeness (QED) is 0.293. The van der Waals surface area contributed by atoms with E-state index < -0.39 is 17.1 Å². The zero-order valence-corrected chi connectivity index (χ0v) is 22.9. The Morgan fingerprint density at radius 2 is 1.73 bits per heavy atom. The highest BCUT2D eigenvalue weighted by atomic mass is 79.9. The molecule has 2 amide bonds. The van der Waals surface area contributed by atoms with E-state index in [1.54, 1.807) is 12.1 Å². The van der Waals surface area contributed by atoms with Crippen molar-refractivity contribution in [1.82, 2.24) is 4.98 Å². The summed E-state index contributed by atoms with van der Waals surface area (Å²) in [5.41, 5.74) is 3.67. The number of amides is 2. The lowest BCUT2D eigenvalue weighted by Gasteiger charge is -2.29. The summed E-state index contributed by atoms with van der Waals surface area (Å²) in [5.74, 6) is -0.823. The molecule has 2 aliphatic heterocycles. The third kappa shape index (κ3) is 4.45. The minimum absolute atomic E-state index is 0.190. The molecular formula is C28H21BrN2O4S2. The summed E-state index contributed by atoms with van der Waals surface area (Å²) in [7, 11) is 0. The second-order valence-electron chi connectivity index (χ2n) is 9.08. The summed E-state index contributed by atoms with van der Waals surface area (Å²) in [6.45, 7) is 2.50. The van der Waals surface area contributed by atoms with Crippen molar-refractivity contribution in [3.63, 3.8) is 0 Å². The molecule has 3 atom stereocenters. The maximum Gasteiger partial charge on any atom is 0.305 e. The summed E-state index contributed by atoms with van der Waals surface area (Å²) < 4.78 is 6.85. The third-order valence-corrected chi connectivity index (χ3v) is 9.57. The number of hydrogen-bond donors (Lipinski definition) is 1. The number of fused-ring (bicyclic) bond motifs is 2. The summed E-state index contributed by atoms with van der Waals surface area (Å²) in [6.07, 6.45) is 0. The lowest BCUT2D eigenvalue weighted by atomic mass is 9.83. The Morgan fingerprint density at radius 3 is 2.46 bits per heavy atom. The molecule has 6 rings (SSSR count). The van der Waals surface area contributed by atoms with Crippen LogP contribution in [0.3, 0.4) is 0 Å². The fourth-order valence-corrected chi connectivity index (χ4v) is 7.74. The number of aromatic amines is 1. The minimum Gasteiger partial charge on any atom is -0.489 e. The number of thioether (sulfide) groups is 1. The average molecular weight is 594 g/mol. The van der Waals surface area contributed by atoms with Gasteiger partial charge in [0.2, 0.25) is 11.8 Å². The molecule has 9 heteroatoms. The normalized spacial score (nSPS) is 20.6. The second-order valence-corrected chi connectivity index (χ2v) is 12.2. The molecule has 0 saturated carbocycles. The van der Waals surface area contributed by atoms with Gasteiger partial charge in [-0.25, -0.2) is 4.90 Å². The van der Waals surface area contributed by atoms with Crippen LogP contribution in [0, 0.1) is 12.8 Å². The molecule has 37 heavy (non-hydrogen) atoms. The molecule has 3 aromatic carbocycles. The first-order chi connectivity index (χ1) is 17.9. The number of halogens is 1. The smallest absolute Gasteiger partial charge is 0.305 e. The predicted molar refractivity (Wildman–Crippen MR) is 149 cm³/mol. The zero-order chi connectivity index (χ0) is 25.7. The summed E-state index contributed by atoms with van der Waals surface area (Å²) in [6, 6.07) is 22.9. The number of nitrogens with one attached hydrogen (secondary N) is 1. The molecule has 3 heterocycles. The summed E-state index contributed by atoms with van der Waals surface area (Å²) >= 11 is 5.79. The van der Waals surface area contributed by atoms with Gasteiger partial charge in [-0.3, -0.25) is 14.4 Å². The number of rotatable bonds is 5. The number of carbonyl (C=O) groups excluding carboxylic acids is 2. The molecule has 2 aliphatic rings. The lowest BCUT2D eigenvalue weighted by Crippen LogP contribution is -2.32. The highest BCUT2D eigenvalue weighted by Crippen LogP contribution is 2.53. The van der Waals surface area contributed by atoms with Crippen molar-refractivity contribution in [3.05, 3.63) is 109 Å². The first-order valence-corrected chi connectivity index (χ1v) is 14.2. The van der Waals surface area contributed by atoms with Crippen LogP contribution in [-0.2, 0) is 16.2 Å². The Labute approximate surface area is 229 Å². The Kier molecular flexibility index (Phi) is 6.30. The van der Waals surface area contributed by atoms with Crippen molar-refractivity contribution in [1.29, 1.82) is 0 Å². The van der Waals surface area contributed by atoms with Crippen molar-refractivity contribution in [2.75, 3.05) is 4.90 Å².